The number of hydrogen-bond acceptors (Lipinski definition) is 2. The van der Waals surface area contributed by atoms with E-state index < -0.39 is 6.03 Å². The number of halogens is 2. The molecule has 1 aromatic rings. The average molecular weight is 348 g/mol. The number of nitrogens with zero attached hydrogens (tertiary/aromatic N) is 1. The summed E-state index contributed by atoms with van der Waals surface area (Å²) in [5.41, 5.74) is 5.85. The maximum absolute atomic E-state index is 11.6. The molecule has 104 valence electrons. The van der Waals surface area contributed by atoms with Crippen LogP contribution in [0.2, 0.25) is 5.02 Å². The Labute approximate surface area is 125 Å². The molecule has 4 N–H and O–H groups in total. The van der Waals surface area contributed by atoms with Crippen molar-refractivity contribution in [1.82, 2.24) is 10.6 Å². The number of guanidine groups is 1. The lowest BCUT2D eigenvalue weighted by atomic mass is 10.1. The number of carbonyl (C=O) groups is 1. The van der Waals surface area contributed by atoms with Crippen molar-refractivity contribution in [2.45, 2.75) is 26.3 Å². The summed E-state index contributed by atoms with van der Waals surface area (Å²) < 4.78 is 0.783. The minimum absolute atomic E-state index is 0.00378. The standard InChI is InChI=1S/C12H16BrClN4O/c1-12(2,3)18-11(19)17-10(15)16-9-5-7(13)4-8(14)6-9/h4-6H,1-3H3,(H4,15,16,17,18,19). The molecule has 0 aliphatic rings. The lowest BCUT2D eigenvalue weighted by Gasteiger charge is -2.20. The lowest BCUT2D eigenvalue weighted by Crippen LogP contribution is -2.50. The lowest BCUT2D eigenvalue weighted by molar-refractivity contribution is 0.236. The molecule has 19 heavy (non-hydrogen) atoms. The van der Waals surface area contributed by atoms with Crippen molar-refractivity contribution in [3.05, 3.63) is 27.7 Å². The second-order valence-corrected chi connectivity index (χ2v) is 6.31. The first-order chi connectivity index (χ1) is 8.65. The van der Waals surface area contributed by atoms with Gasteiger partial charge in [0.1, 0.15) is 0 Å². The molecule has 0 fully saturated rings. The summed E-state index contributed by atoms with van der Waals surface area (Å²) in [6.45, 7) is 5.61. The third-order valence-corrected chi connectivity index (χ3v) is 2.50. The summed E-state index contributed by atoms with van der Waals surface area (Å²) in [7, 11) is 0. The fourth-order valence-electron chi connectivity index (χ4n) is 1.26. The van der Waals surface area contributed by atoms with Crippen LogP contribution in [0.4, 0.5) is 10.5 Å². The van der Waals surface area contributed by atoms with Gasteiger partial charge >= 0.3 is 6.03 Å². The molecule has 0 unspecified atom stereocenters. The van der Waals surface area contributed by atoms with Crippen LogP contribution >= 0.6 is 27.5 Å². The van der Waals surface area contributed by atoms with E-state index in [1.54, 1.807) is 18.2 Å². The molecule has 0 aromatic heterocycles. The molecule has 1 rings (SSSR count). The highest BCUT2D eigenvalue weighted by Crippen LogP contribution is 2.24. The molecule has 0 aliphatic carbocycles. The van der Waals surface area contributed by atoms with Crippen molar-refractivity contribution in [3.63, 3.8) is 0 Å². The van der Waals surface area contributed by atoms with E-state index in [0.29, 0.717) is 10.7 Å². The summed E-state index contributed by atoms with van der Waals surface area (Å²) in [4.78, 5) is 15.6. The minimum Gasteiger partial charge on any atom is -0.369 e. The summed E-state index contributed by atoms with van der Waals surface area (Å²) >= 11 is 9.19. The van der Waals surface area contributed by atoms with E-state index in [-0.39, 0.29) is 11.5 Å². The average Bonchev–Trinajstić information content (AvgIpc) is 2.10. The van der Waals surface area contributed by atoms with Gasteiger partial charge in [-0.25, -0.2) is 9.79 Å². The first kappa shape index (κ1) is 15.8. The van der Waals surface area contributed by atoms with Crippen molar-refractivity contribution in [3.8, 4) is 0 Å². The zero-order valence-electron chi connectivity index (χ0n) is 10.9. The number of carbonyl (C=O) groups excluding carboxylic acids is 1. The van der Waals surface area contributed by atoms with Crippen LogP contribution < -0.4 is 16.4 Å². The fraction of sp³-hybridized carbons (Fsp3) is 0.333. The molecule has 0 saturated heterocycles. The quantitative estimate of drug-likeness (QED) is 0.539. The molecule has 0 aliphatic heterocycles. The zero-order valence-corrected chi connectivity index (χ0v) is 13.3. The number of nitrogens with two attached hydrogens (primary N) is 1. The molecular formula is C12H16BrClN4O. The smallest absolute Gasteiger partial charge is 0.321 e. The van der Waals surface area contributed by atoms with Crippen LogP contribution in [-0.4, -0.2) is 17.5 Å². The Hall–Kier alpha value is -1.27. The molecule has 0 atom stereocenters. The van der Waals surface area contributed by atoms with Crippen LogP contribution in [0.15, 0.2) is 27.7 Å². The Balaban J connectivity index is 2.74. The molecule has 0 heterocycles. The maximum Gasteiger partial charge on any atom is 0.321 e. The van der Waals surface area contributed by atoms with E-state index in [0.717, 1.165) is 4.47 Å². The predicted molar refractivity (Wildman–Crippen MR) is 81.9 cm³/mol. The highest BCUT2D eigenvalue weighted by Gasteiger charge is 2.13. The van der Waals surface area contributed by atoms with Crippen LogP contribution in [0.1, 0.15) is 20.8 Å². The number of aliphatic imine (C=N–C) groups is 1. The summed E-state index contributed by atoms with van der Waals surface area (Å²) in [6, 6.07) is 4.70. The zero-order chi connectivity index (χ0) is 14.6. The summed E-state index contributed by atoms with van der Waals surface area (Å²) in [5.74, 6) is -0.00378. The van der Waals surface area contributed by atoms with Crippen molar-refractivity contribution < 1.29 is 4.79 Å². The molecule has 5 nitrogen and oxygen atoms in total. The second-order valence-electron chi connectivity index (χ2n) is 4.95. The summed E-state index contributed by atoms with van der Waals surface area (Å²) in [5, 5.41) is 5.68. The first-order valence-corrected chi connectivity index (χ1v) is 6.72. The van der Waals surface area contributed by atoms with Crippen molar-refractivity contribution in [1.29, 1.82) is 0 Å². The van der Waals surface area contributed by atoms with E-state index in [9.17, 15) is 4.79 Å². The fourth-order valence-corrected chi connectivity index (χ4v) is 2.10. The van der Waals surface area contributed by atoms with E-state index in [1.807, 2.05) is 20.8 Å². The number of rotatable bonds is 1. The Morgan fingerprint density at radius 3 is 2.53 bits per heavy atom. The largest absolute Gasteiger partial charge is 0.369 e. The number of amides is 2. The Bertz CT molecular complexity index is 491. The van der Waals surface area contributed by atoms with Gasteiger partial charge in [-0.2, -0.15) is 0 Å². The normalized spacial score (nSPS) is 12.2. The van der Waals surface area contributed by atoms with Crippen molar-refractivity contribution in [2.75, 3.05) is 0 Å². The van der Waals surface area contributed by atoms with Gasteiger partial charge in [-0.05, 0) is 39.0 Å². The molecule has 0 bridgehead atoms. The maximum atomic E-state index is 11.6. The third kappa shape index (κ3) is 6.45. The third-order valence-electron chi connectivity index (χ3n) is 1.83. The Kier molecular flexibility index (Phi) is 5.20. The molecular weight excluding hydrogens is 332 g/mol. The van der Waals surface area contributed by atoms with E-state index in [4.69, 9.17) is 17.3 Å². The first-order valence-electron chi connectivity index (χ1n) is 5.55. The van der Waals surface area contributed by atoms with Gasteiger partial charge in [0.2, 0.25) is 5.96 Å². The SMILES string of the molecule is CC(C)(C)NC(=O)NC(N)=Nc1cc(Cl)cc(Br)c1. The van der Waals surface area contributed by atoms with E-state index >= 15 is 0 Å². The minimum atomic E-state index is -0.408. The molecule has 0 radical (unpaired) electrons. The van der Waals surface area contributed by atoms with Crippen molar-refractivity contribution in [2.24, 2.45) is 10.7 Å². The Morgan fingerprint density at radius 1 is 1.37 bits per heavy atom. The molecule has 1 aromatic carbocycles. The van der Waals surface area contributed by atoms with Gasteiger partial charge in [-0.1, -0.05) is 27.5 Å². The van der Waals surface area contributed by atoms with Crippen molar-refractivity contribution >= 4 is 45.2 Å². The van der Waals surface area contributed by atoms with E-state index in [2.05, 4.69) is 31.6 Å². The number of urea groups is 1. The number of nitrogens with one attached hydrogen (secondary N) is 2. The molecule has 7 heteroatoms. The summed E-state index contributed by atoms with van der Waals surface area (Å²) in [6.07, 6.45) is 0. The highest BCUT2D eigenvalue weighted by molar-refractivity contribution is 9.10. The van der Waals surface area contributed by atoms with Gasteiger partial charge in [0.25, 0.3) is 0 Å². The number of benzene rings is 1. The highest BCUT2D eigenvalue weighted by atomic mass is 79.9. The van der Waals surface area contributed by atoms with Crippen LogP contribution in [0, 0.1) is 0 Å². The van der Waals surface area contributed by atoms with Gasteiger partial charge in [0.15, 0.2) is 0 Å². The Morgan fingerprint density at radius 2 is 2.00 bits per heavy atom. The van der Waals surface area contributed by atoms with Crippen LogP contribution in [0.5, 0.6) is 0 Å². The van der Waals surface area contributed by atoms with Gasteiger partial charge in [-0.15, -0.1) is 0 Å². The number of hydrogen-bond donors (Lipinski definition) is 3. The van der Waals surface area contributed by atoms with Gasteiger partial charge in [0.05, 0.1) is 5.69 Å². The van der Waals surface area contributed by atoms with Gasteiger partial charge in [-0.3, -0.25) is 5.32 Å². The van der Waals surface area contributed by atoms with Crippen LogP contribution in [-0.2, 0) is 0 Å². The monoisotopic (exact) mass is 346 g/mol. The van der Waals surface area contributed by atoms with Gasteiger partial charge < -0.3 is 11.1 Å². The van der Waals surface area contributed by atoms with Gasteiger partial charge in [0, 0.05) is 15.0 Å². The second kappa shape index (κ2) is 6.25. The molecule has 0 saturated carbocycles. The predicted octanol–water partition coefficient (Wildman–Crippen LogP) is 3.15. The van der Waals surface area contributed by atoms with Crippen LogP contribution in [0.3, 0.4) is 0 Å². The van der Waals surface area contributed by atoms with Crippen LogP contribution in [0.25, 0.3) is 0 Å². The topological polar surface area (TPSA) is 79.5 Å². The van der Waals surface area contributed by atoms with E-state index in [1.165, 1.54) is 0 Å². The molecule has 2 amide bonds. The molecule has 0 spiro atoms.